The van der Waals surface area contributed by atoms with Gasteiger partial charge in [0.05, 0.1) is 6.61 Å². The number of rotatable bonds is 9. The van der Waals surface area contributed by atoms with Crippen molar-refractivity contribution >= 4 is 45.2 Å². The Hall–Kier alpha value is -2.82. The van der Waals surface area contributed by atoms with E-state index in [1.54, 1.807) is 0 Å². The molecule has 0 amide bonds. The molecule has 1 atom stereocenters. The third kappa shape index (κ3) is 8.72. The molecule has 0 radical (unpaired) electrons. The maximum atomic E-state index is 13.8. The molecule has 16 heteroatoms. The summed E-state index contributed by atoms with van der Waals surface area (Å²) in [4.78, 5) is 31.8. The molecule has 35 heavy (non-hydrogen) atoms. The number of benzene rings is 1. The first-order valence-corrected chi connectivity index (χ1v) is 11.6. The zero-order chi connectivity index (χ0) is 26.2. The fraction of sp³-hybridized carbons (Fsp3) is 0.368. The average molecular weight is 542 g/mol. The number of nitrogens with one attached hydrogen (secondary N) is 3. The summed E-state index contributed by atoms with van der Waals surface area (Å²) in [5.41, 5.74) is 0.605. The Morgan fingerprint density at radius 3 is 2.60 bits per heavy atom. The zero-order valence-corrected chi connectivity index (χ0v) is 19.6. The van der Waals surface area contributed by atoms with E-state index in [2.05, 4.69) is 25.6 Å². The van der Waals surface area contributed by atoms with Crippen LogP contribution in [0.5, 0.6) is 0 Å². The number of carboxylic acids is 1. The van der Waals surface area contributed by atoms with Gasteiger partial charge >= 0.3 is 17.0 Å². The molecule has 0 aliphatic rings. The summed E-state index contributed by atoms with van der Waals surface area (Å²) in [6.45, 7) is 3.04. The summed E-state index contributed by atoms with van der Waals surface area (Å²) in [5, 5.41) is 22.6. The smallest absolute Gasteiger partial charge is 0.475 e. The van der Waals surface area contributed by atoms with Crippen molar-refractivity contribution in [3.8, 4) is 0 Å². The van der Waals surface area contributed by atoms with E-state index in [1.807, 2.05) is 6.92 Å². The normalized spacial score (nSPS) is 12.2. The van der Waals surface area contributed by atoms with E-state index < -0.39 is 23.8 Å². The third-order valence-electron chi connectivity index (χ3n) is 4.01. The predicted octanol–water partition coefficient (Wildman–Crippen LogP) is 2.97. The lowest BCUT2D eigenvalue weighted by Crippen LogP contribution is -2.32. The van der Waals surface area contributed by atoms with Crippen LogP contribution in [0.1, 0.15) is 12.5 Å². The number of nitrogens with zero attached hydrogens (tertiary/aromatic N) is 2. The molecule has 2 heterocycles. The summed E-state index contributed by atoms with van der Waals surface area (Å²) in [5.74, 6) is -3.90. The Balaban J connectivity index is 0.000000540. The lowest BCUT2D eigenvalue weighted by atomic mass is 10.2. The highest BCUT2D eigenvalue weighted by molar-refractivity contribution is 7.98. The Bertz CT molecular complexity index is 1200. The SMILES string of the molecule is C[C@H](CNCCO)Nc1nc(SCc2cccc(F)c2F)nc2[nH]c(=O)sc12.O=C(O)C(F)(F)F. The van der Waals surface area contributed by atoms with E-state index in [1.165, 1.54) is 12.1 Å². The van der Waals surface area contributed by atoms with Crippen LogP contribution in [0.25, 0.3) is 10.3 Å². The highest BCUT2D eigenvalue weighted by atomic mass is 32.2. The van der Waals surface area contributed by atoms with Gasteiger partial charge in [0.25, 0.3) is 0 Å². The van der Waals surface area contributed by atoms with Gasteiger partial charge in [0.15, 0.2) is 28.3 Å². The molecule has 0 saturated carbocycles. The number of hydrogen-bond acceptors (Lipinski definition) is 9. The van der Waals surface area contributed by atoms with E-state index in [0.29, 0.717) is 34.4 Å². The molecule has 2 aromatic heterocycles. The van der Waals surface area contributed by atoms with E-state index in [9.17, 15) is 26.7 Å². The molecular weight excluding hydrogens is 521 g/mol. The molecule has 192 valence electrons. The van der Waals surface area contributed by atoms with E-state index in [0.717, 1.165) is 29.2 Å². The van der Waals surface area contributed by atoms with Crippen molar-refractivity contribution in [1.29, 1.82) is 0 Å². The van der Waals surface area contributed by atoms with Crippen molar-refractivity contribution in [3.05, 3.63) is 45.1 Å². The minimum absolute atomic E-state index is 0.0274. The first-order chi connectivity index (χ1) is 16.4. The molecule has 0 spiro atoms. The Morgan fingerprint density at radius 2 is 1.97 bits per heavy atom. The maximum Gasteiger partial charge on any atom is 0.490 e. The zero-order valence-electron chi connectivity index (χ0n) is 17.9. The van der Waals surface area contributed by atoms with E-state index in [4.69, 9.17) is 15.0 Å². The number of alkyl halides is 3. The highest BCUT2D eigenvalue weighted by Crippen LogP contribution is 2.28. The number of halogens is 5. The fourth-order valence-electron chi connectivity index (χ4n) is 2.47. The lowest BCUT2D eigenvalue weighted by Gasteiger charge is -2.16. The minimum Gasteiger partial charge on any atom is -0.475 e. The molecule has 5 N–H and O–H groups in total. The number of aliphatic hydroxyl groups is 1. The van der Waals surface area contributed by atoms with E-state index >= 15 is 0 Å². The quantitative estimate of drug-likeness (QED) is 0.120. The second-order valence-electron chi connectivity index (χ2n) is 6.82. The molecule has 3 aromatic rings. The molecule has 0 aliphatic carbocycles. The van der Waals surface area contributed by atoms with E-state index in [-0.39, 0.29) is 28.8 Å². The average Bonchev–Trinajstić information content (AvgIpc) is 3.15. The number of carbonyl (C=O) groups is 1. The van der Waals surface area contributed by atoms with Gasteiger partial charge in [0.2, 0.25) is 0 Å². The van der Waals surface area contributed by atoms with Crippen molar-refractivity contribution in [3.63, 3.8) is 0 Å². The number of thioether (sulfide) groups is 1. The monoisotopic (exact) mass is 541 g/mol. The van der Waals surface area contributed by atoms with Crippen molar-refractivity contribution in [1.82, 2.24) is 20.3 Å². The van der Waals surface area contributed by atoms with Crippen LogP contribution < -0.4 is 15.5 Å². The van der Waals surface area contributed by atoms with Crippen molar-refractivity contribution in [2.24, 2.45) is 0 Å². The van der Waals surface area contributed by atoms with Gasteiger partial charge < -0.3 is 20.8 Å². The second-order valence-corrected chi connectivity index (χ2v) is 8.75. The van der Waals surface area contributed by atoms with Crippen molar-refractivity contribution in [2.75, 3.05) is 25.0 Å². The van der Waals surface area contributed by atoms with Gasteiger partial charge in [-0.3, -0.25) is 9.78 Å². The molecule has 3 rings (SSSR count). The molecule has 0 unspecified atom stereocenters. The Morgan fingerprint density at radius 1 is 1.29 bits per heavy atom. The molecule has 0 bridgehead atoms. The summed E-state index contributed by atoms with van der Waals surface area (Å²) in [6, 6.07) is 3.99. The Kier molecular flexibility index (Phi) is 10.4. The minimum atomic E-state index is -5.08. The van der Waals surface area contributed by atoms with Gasteiger partial charge in [-0.05, 0) is 13.0 Å². The van der Waals surface area contributed by atoms with Gasteiger partial charge in [0, 0.05) is 30.4 Å². The number of hydrogen-bond donors (Lipinski definition) is 5. The number of carboxylic acid groups (broad SMARTS) is 1. The first kappa shape index (κ1) is 28.4. The number of aromatic amines is 1. The summed E-state index contributed by atoms with van der Waals surface area (Å²) < 4.78 is 59.5. The van der Waals surface area contributed by atoms with Crippen LogP contribution >= 0.6 is 23.1 Å². The van der Waals surface area contributed by atoms with Crippen molar-refractivity contribution in [2.45, 2.75) is 30.1 Å². The highest BCUT2D eigenvalue weighted by Gasteiger charge is 2.38. The lowest BCUT2D eigenvalue weighted by molar-refractivity contribution is -0.192. The number of aromatic nitrogens is 3. The first-order valence-electron chi connectivity index (χ1n) is 9.77. The van der Waals surface area contributed by atoms with Gasteiger partial charge in [-0.15, -0.1) is 0 Å². The standard InChI is InChI=1S/C17H19F2N5O2S2.C2HF3O2/c1-9(7-20-5-6-25)21-14-13-15(24-17(26)28-13)23-16(22-14)27-8-10-3-2-4-11(18)12(10)19;3-2(4,5)1(6)7/h2-4,9,20,25H,5-8H2,1H3,(H2,21,22,23,24,26);(H,6,7)/t9-;/m1./s1. The number of aliphatic hydroxyl groups excluding tert-OH is 1. The van der Waals surface area contributed by atoms with Crippen LogP contribution in [-0.4, -0.2) is 63.0 Å². The number of anilines is 1. The van der Waals surface area contributed by atoms with Gasteiger partial charge in [-0.2, -0.15) is 13.2 Å². The molecule has 9 nitrogen and oxygen atoms in total. The molecule has 0 fully saturated rings. The summed E-state index contributed by atoms with van der Waals surface area (Å²) >= 11 is 2.15. The third-order valence-corrected chi connectivity index (χ3v) is 5.79. The molecular formula is C19H20F5N5O4S2. The van der Waals surface area contributed by atoms with Crippen molar-refractivity contribution < 1.29 is 37.0 Å². The topological polar surface area (TPSA) is 140 Å². The van der Waals surface area contributed by atoms with Crippen LogP contribution in [0.15, 0.2) is 28.2 Å². The number of H-pyrrole nitrogens is 1. The fourth-order valence-corrected chi connectivity index (χ4v) is 4.02. The number of thiazole rings is 1. The van der Waals surface area contributed by atoms with Gasteiger partial charge in [-0.25, -0.2) is 23.5 Å². The predicted molar refractivity (Wildman–Crippen MR) is 121 cm³/mol. The Labute approximate surface area is 202 Å². The molecule has 0 aliphatic heterocycles. The molecule has 1 aromatic carbocycles. The molecule has 0 saturated heterocycles. The number of aliphatic carboxylic acids is 1. The van der Waals surface area contributed by atoms with Crippen LogP contribution in [0, 0.1) is 11.6 Å². The maximum absolute atomic E-state index is 13.8. The largest absolute Gasteiger partial charge is 0.490 e. The number of fused-ring (bicyclic) bond motifs is 1. The van der Waals surface area contributed by atoms with Gasteiger partial charge in [0.1, 0.15) is 4.70 Å². The summed E-state index contributed by atoms with van der Waals surface area (Å²) in [7, 11) is 0. The van der Waals surface area contributed by atoms with Crippen LogP contribution in [0.4, 0.5) is 27.8 Å². The van der Waals surface area contributed by atoms with Crippen LogP contribution in [0.3, 0.4) is 0 Å². The summed E-state index contributed by atoms with van der Waals surface area (Å²) in [6.07, 6.45) is -5.08. The van der Waals surface area contributed by atoms with Crippen LogP contribution in [0.2, 0.25) is 0 Å². The second kappa shape index (κ2) is 12.8. The van der Waals surface area contributed by atoms with Crippen LogP contribution in [-0.2, 0) is 10.5 Å². The van der Waals surface area contributed by atoms with Gasteiger partial charge in [-0.1, -0.05) is 35.2 Å².